The number of carbonyl (C=O) groups is 1. The summed E-state index contributed by atoms with van der Waals surface area (Å²) in [5, 5.41) is 3.88. The van der Waals surface area contributed by atoms with Crippen LogP contribution >= 0.6 is 0 Å². The summed E-state index contributed by atoms with van der Waals surface area (Å²) in [5.74, 6) is 1.04. The number of rotatable bonds is 4. The molecule has 0 N–H and O–H groups in total. The predicted octanol–water partition coefficient (Wildman–Crippen LogP) is 4.51. The first-order valence-corrected chi connectivity index (χ1v) is 8.22. The van der Waals surface area contributed by atoms with E-state index in [1.54, 1.807) is 11.1 Å². The molecule has 0 spiro atoms. The fraction of sp³-hybridized carbons (Fsp3) is 0.0476. The van der Waals surface area contributed by atoms with Crippen molar-refractivity contribution in [3.8, 4) is 11.5 Å². The van der Waals surface area contributed by atoms with E-state index in [2.05, 4.69) is 5.16 Å². The molecule has 128 valence electrons. The van der Waals surface area contributed by atoms with Crippen LogP contribution in [0.1, 0.15) is 5.56 Å². The molecule has 26 heavy (non-hydrogen) atoms. The Morgan fingerprint density at radius 2 is 1.46 bits per heavy atom. The molecule has 1 aliphatic rings. The fourth-order valence-corrected chi connectivity index (χ4v) is 2.77. The summed E-state index contributed by atoms with van der Waals surface area (Å²) < 4.78 is 5.88. The van der Waals surface area contributed by atoms with Crippen LogP contribution < -0.4 is 9.64 Å². The highest BCUT2D eigenvalue weighted by Crippen LogP contribution is 2.46. The standard InChI is InChI=1S/C21H16N2O3/c24-21(15-25-22-14-16-8-2-1-3-9-16)23-17-10-4-6-12-19(17)26-20-13-7-5-11-18(20)23/h1-14H,15H2/b22-14+. The van der Waals surface area contributed by atoms with Crippen molar-refractivity contribution in [2.45, 2.75) is 0 Å². The molecule has 1 amide bonds. The molecule has 1 aliphatic heterocycles. The minimum absolute atomic E-state index is 0.175. The van der Waals surface area contributed by atoms with E-state index in [4.69, 9.17) is 9.57 Å². The molecule has 0 unspecified atom stereocenters. The quantitative estimate of drug-likeness (QED) is 0.517. The maximum atomic E-state index is 12.8. The summed E-state index contributed by atoms with van der Waals surface area (Å²) in [6.07, 6.45) is 1.58. The van der Waals surface area contributed by atoms with E-state index in [1.807, 2.05) is 78.9 Å². The number of carbonyl (C=O) groups excluding carboxylic acids is 1. The Hall–Kier alpha value is -3.60. The van der Waals surface area contributed by atoms with Crippen LogP contribution in [0.2, 0.25) is 0 Å². The average Bonchev–Trinajstić information content (AvgIpc) is 2.70. The number of benzene rings is 3. The van der Waals surface area contributed by atoms with Gasteiger partial charge in [-0.2, -0.15) is 0 Å². The Balaban J connectivity index is 1.53. The van der Waals surface area contributed by atoms with Gasteiger partial charge in [-0.25, -0.2) is 0 Å². The van der Waals surface area contributed by atoms with Crippen LogP contribution in [-0.2, 0) is 9.63 Å². The second-order valence-corrected chi connectivity index (χ2v) is 5.69. The van der Waals surface area contributed by atoms with Gasteiger partial charge in [0, 0.05) is 0 Å². The van der Waals surface area contributed by atoms with Gasteiger partial charge in [0.25, 0.3) is 5.91 Å². The molecule has 0 atom stereocenters. The van der Waals surface area contributed by atoms with Gasteiger partial charge in [0.1, 0.15) is 0 Å². The van der Waals surface area contributed by atoms with E-state index in [1.165, 1.54) is 0 Å². The normalized spacial score (nSPS) is 12.2. The summed E-state index contributed by atoms with van der Waals surface area (Å²) in [6.45, 7) is -0.175. The van der Waals surface area contributed by atoms with Gasteiger partial charge < -0.3 is 9.57 Å². The number of anilines is 2. The van der Waals surface area contributed by atoms with Crippen molar-refractivity contribution >= 4 is 23.5 Å². The summed E-state index contributed by atoms with van der Waals surface area (Å²) in [5.41, 5.74) is 2.28. The lowest BCUT2D eigenvalue weighted by Crippen LogP contribution is -2.31. The number of amides is 1. The van der Waals surface area contributed by atoms with Gasteiger partial charge in [0.2, 0.25) is 0 Å². The SMILES string of the molecule is O=C(CO/N=C/c1ccccc1)N1c2ccccc2Oc2ccccc21. The molecule has 0 radical (unpaired) electrons. The summed E-state index contributed by atoms with van der Waals surface area (Å²) in [4.78, 5) is 19.6. The number of oxime groups is 1. The predicted molar refractivity (Wildman–Crippen MR) is 100 cm³/mol. The third-order valence-corrected chi connectivity index (χ3v) is 3.95. The van der Waals surface area contributed by atoms with Crippen LogP contribution in [0.15, 0.2) is 84.0 Å². The van der Waals surface area contributed by atoms with E-state index < -0.39 is 0 Å². The number of nitrogens with zero attached hydrogens (tertiary/aromatic N) is 2. The van der Waals surface area contributed by atoms with Gasteiger partial charge >= 0.3 is 0 Å². The Kier molecular flexibility index (Phi) is 4.35. The molecule has 3 aromatic carbocycles. The first kappa shape index (κ1) is 15.9. The van der Waals surface area contributed by atoms with Crippen LogP contribution in [0.5, 0.6) is 11.5 Å². The second kappa shape index (κ2) is 7.11. The highest BCUT2D eigenvalue weighted by molar-refractivity contribution is 6.05. The molecule has 0 bridgehead atoms. The topological polar surface area (TPSA) is 51.1 Å². The molecule has 4 rings (SSSR count). The highest BCUT2D eigenvalue weighted by atomic mass is 16.6. The summed E-state index contributed by atoms with van der Waals surface area (Å²) in [6, 6.07) is 24.4. The van der Waals surface area contributed by atoms with Crippen molar-refractivity contribution < 1.29 is 14.4 Å². The Morgan fingerprint density at radius 3 is 2.12 bits per heavy atom. The van der Waals surface area contributed by atoms with E-state index in [0.717, 1.165) is 5.56 Å². The van der Waals surface area contributed by atoms with E-state index in [-0.39, 0.29) is 12.5 Å². The minimum atomic E-state index is -0.224. The molecule has 5 nitrogen and oxygen atoms in total. The zero-order valence-electron chi connectivity index (χ0n) is 13.9. The minimum Gasteiger partial charge on any atom is -0.453 e. The van der Waals surface area contributed by atoms with Crippen molar-refractivity contribution in [1.82, 2.24) is 0 Å². The maximum absolute atomic E-state index is 12.8. The lowest BCUT2D eigenvalue weighted by Gasteiger charge is -2.30. The molecule has 0 aliphatic carbocycles. The molecule has 0 aromatic heterocycles. The van der Waals surface area contributed by atoms with Crippen LogP contribution in [0.4, 0.5) is 11.4 Å². The molecular weight excluding hydrogens is 328 g/mol. The number of hydrogen-bond donors (Lipinski definition) is 0. The fourth-order valence-electron chi connectivity index (χ4n) is 2.77. The molecule has 3 aromatic rings. The summed E-state index contributed by atoms with van der Waals surface area (Å²) in [7, 11) is 0. The van der Waals surface area contributed by atoms with Crippen LogP contribution in [-0.4, -0.2) is 18.7 Å². The Bertz CT molecular complexity index is 909. The molecule has 0 saturated carbocycles. The third-order valence-electron chi connectivity index (χ3n) is 3.95. The van der Waals surface area contributed by atoms with Gasteiger partial charge in [-0.1, -0.05) is 59.8 Å². The number of para-hydroxylation sites is 4. The molecule has 0 fully saturated rings. The van der Waals surface area contributed by atoms with Gasteiger partial charge in [0.15, 0.2) is 18.1 Å². The van der Waals surface area contributed by atoms with Crippen molar-refractivity contribution in [3.63, 3.8) is 0 Å². The van der Waals surface area contributed by atoms with E-state index >= 15 is 0 Å². The zero-order chi connectivity index (χ0) is 17.8. The number of hydrogen-bond acceptors (Lipinski definition) is 4. The average molecular weight is 344 g/mol. The Morgan fingerprint density at radius 1 is 0.885 bits per heavy atom. The van der Waals surface area contributed by atoms with Gasteiger partial charge in [-0.3, -0.25) is 9.69 Å². The molecular formula is C21H16N2O3. The lowest BCUT2D eigenvalue weighted by molar-refractivity contribution is -0.122. The van der Waals surface area contributed by atoms with E-state index in [0.29, 0.717) is 22.9 Å². The molecule has 5 heteroatoms. The first-order valence-electron chi connectivity index (χ1n) is 8.22. The summed E-state index contributed by atoms with van der Waals surface area (Å²) >= 11 is 0. The monoisotopic (exact) mass is 344 g/mol. The smallest absolute Gasteiger partial charge is 0.272 e. The molecule has 1 heterocycles. The van der Waals surface area contributed by atoms with E-state index in [9.17, 15) is 4.79 Å². The van der Waals surface area contributed by atoms with Crippen molar-refractivity contribution in [2.24, 2.45) is 5.16 Å². The van der Waals surface area contributed by atoms with Crippen molar-refractivity contribution in [1.29, 1.82) is 0 Å². The second-order valence-electron chi connectivity index (χ2n) is 5.69. The highest BCUT2D eigenvalue weighted by Gasteiger charge is 2.28. The third kappa shape index (κ3) is 3.15. The first-order chi connectivity index (χ1) is 12.8. The van der Waals surface area contributed by atoms with Gasteiger partial charge in [0.05, 0.1) is 17.6 Å². The van der Waals surface area contributed by atoms with Gasteiger partial charge in [-0.15, -0.1) is 0 Å². The Labute approximate surface area is 151 Å². The van der Waals surface area contributed by atoms with Crippen LogP contribution in [0.3, 0.4) is 0 Å². The lowest BCUT2D eigenvalue weighted by atomic mass is 10.1. The van der Waals surface area contributed by atoms with Gasteiger partial charge in [-0.05, 0) is 29.8 Å². The zero-order valence-corrected chi connectivity index (χ0v) is 13.9. The molecule has 0 saturated heterocycles. The van der Waals surface area contributed by atoms with Crippen LogP contribution in [0, 0.1) is 0 Å². The van der Waals surface area contributed by atoms with Crippen molar-refractivity contribution in [2.75, 3.05) is 11.5 Å². The number of fused-ring (bicyclic) bond motifs is 2. The van der Waals surface area contributed by atoms with Crippen molar-refractivity contribution in [3.05, 3.63) is 84.4 Å². The largest absolute Gasteiger partial charge is 0.453 e. The van der Waals surface area contributed by atoms with Crippen LogP contribution in [0.25, 0.3) is 0 Å². The maximum Gasteiger partial charge on any atom is 0.272 e. The number of ether oxygens (including phenoxy) is 1.